The van der Waals surface area contributed by atoms with Crippen LogP contribution in [0.3, 0.4) is 0 Å². The van der Waals surface area contributed by atoms with Gasteiger partial charge in [0, 0.05) is 24.6 Å². The smallest absolute Gasteiger partial charge is 0.240 e. The van der Waals surface area contributed by atoms with Gasteiger partial charge in [0.1, 0.15) is 12.7 Å². The zero-order valence-corrected chi connectivity index (χ0v) is 15.1. The van der Waals surface area contributed by atoms with Gasteiger partial charge in [0.05, 0.1) is 12.2 Å². The van der Waals surface area contributed by atoms with Crippen molar-refractivity contribution in [3.05, 3.63) is 24.4 Å². The van der Waals surface area contributed by atoms with Crippen LogP contribution in [0.5, 0.6) is 0 Å². The lowest BCUT2D eigenvalue weighted by Gasteiger charge is -2.31. The quantitative estimate of drug-likeness (QED) is 0.890. The molecule has 1 amide bonds. The molecule has 1 saturated heterocycles. The number of amides is 1. The van der Waals surface area contributed by atoms with Gasteiger partial charge in [-0.25, -0.2) is 4.98 Å². The maximum absolute atomic E-state index is 12.3. The minimum absolute atomic E-state index is 0.0713. The van der Waals surface area contributed by atoms with Gasteiger partial charge < -0.3 is 4.52 Å². The third-order valence-electron chi connectivity index (χ3n) is 4.42. The number of rotatable bonds is 5. The molecular formula is C17H26N6O2. The number of nitrogens with one attached hydrogen (secondary N) is 1. The fraction of sp³-hybridized carbons (Fsp3) is 0.647. The maximum atomic E-state index is 12.3. The number of aromatic nitrogens is 4. The molecule has 1 unspecified atom stereocenters. The average Bonchev–Trinajstić information content (AvgIpc) is 3.18. The Morgan fingerprint density at radius 2 is 2.28 bits per heavy atom. The summed E-state index contributed by atoms with van der Waals surface area (Å²) in [4.78, 5) is 18.5. The second-order valence-electron chi connectivity index (χ2n) is 7.74. The second kappa shape index (κ2) is 7.35. The molecule has 3 rings (SSSR count). The van der Waals surface area contributed by atoms with Gasteiger partial charge in [-0.15, -0.1) is 0 Å². The van der Waals surface area contributed by atoms with Crippen LogP contribution < -0.4 is 5.32 Å². The molecule has 0 saturated carbocycles. The van der Waals surface area contributed by atoms with Crippen LogP contribution in [0, 0.1) is 5.92 Å². The molecule has 3 heterocycles. The molecule has 0 spiro atoms. The summed E-state index contributed by atoms with van der Waals surface area (Å²) >= 11 is 0. The molecule has 1 aliphatic heterocycles. The number of likely N-dealkylation sites (tertiary alicyclic amines) is 1. The van der Waals surface area contributed by atoms with Crippen LogP contribution in [0.2, 0.25) is 0 Å². The van der Waals surface area contributed by atoms with E-state index >= 15 is 0 Å². The van der Waals surface area contributed by atoms with E-state index in [-0.39, 0.29) is 11.3 Å². The number of nitrogens with zero attached hydrogens (tertiary/aromatic N) is 5. The summed E-state index contributed by atoms with van der Waals surface area (Å²) in [5.41, 5.74) is 0.724. The molecule has 2 aromatic heterocycles. The van der Waals surface area contributed by atoms with Crippen molar-refractivity contribution >= 4 is 11.8 Å². The standard InChI is InChI=1S/C17H26N6O2/c1-17(2,3)14-7-16(25-21-14)20-15(24)10-22-6-4-5-13(8-22)9-23-12-18-11-19-23/h7,11-13H,4-6,8-10H2,1-3H3,(H,20,24). The zero-order valence-electron chi connectivity index (χ0n) is 15.1. The van der Waals surface area contributed by atoms with E-state index in [0.29, 0.717) is 18.3 Å². The molecule has 0 aliphatic carbocycles. The van der Waals surface area contributed by atoms with Crippen molar-refractivity contribution in [3.63, 3.8) is 0 Å². The summed E-state index contributed by atoms with van der Waals surface area (Å²) in [5.74, 6) is 0.824. The molecule has 1 fully saturated rings. The van der Waals surface area contributed by atoms with E-state index in [1.165, 1.54) is 0 Å². The minimum atomic E-state index is -0.103. The van der Waals surface area contributed by atoms with Gasteiger partial charge >= 0.3 is 0 Å². The summed E-state index contributed by atoms with van der Waals surface area (Å²) < 4.78 is 7.08. The first-order valence-corrected chi connectivity index (χ1v) is 8.72. The number of carbonyl (C=O) groups is 1. The number of carbonyl (C=O) groups excluding carboxylic acids is 1. The molecule has 8 nitrogen and oxygen atoms in total. The highest BCUT2D eigenvalue weighted by Gasteiger charge is 2.23. The lowest BCUT2D eigenvalue weighted by molar-refractivity contribution is -0.117. The summed E-state index contributed by atoms with van der Waals surface area (Å²) in [7, 11) is 0. The van der Waals surface area contributed by atoms with Crippen LogP contribution >= 0.6 is 0 Å². The Bertz CT molecular complexity index is 688. The van der Waals surface area contributed by atoms with Crippen molar-refractivity contribution in [1.29, 1.82) is 0 Å². The van der Waals surface area contributed by atoms with Crippen LogP contribution in [-0.4, -0.2) is 50.4 Å². The minimum Gasteiger partial charge on any atom is -0.338 e. The summed E-state index contributed by atoms with van der Waals surface area (Å²) in [6.07, 6.45) is 5.53. The van der Waals surface area contributed by atoms with Gasteiger partial charge in [0.2, 0.25) is 11.8 Å². The van der Waals surface area contributed by atoms with Gasteiger partial charge in [-0.05, 0) is 25.3 Å². The Morgan fingerprint density at radius 1 is 1.44 bits per heavy atom. The first-order valence-electron chi connectivity index (χ1n) is 8.72. The molecule has 1 N–H and O–H groups in total. The van der Waals surface area contributed by atoms with Crippen molar-refractivity contribution < 1.29 is 9.32 Å². The lowest BCUT2D eigenvalue weighted by Crippen LogP contribution is -2.41. The van der Waals surface area contributed by atoms with E-state index in [1.807, 2.05) is 4.68 Å². The monoisotopic (exact) mass is 346 g/mol. The Balaban J connectivity index is 1.49. The molecular weight excluding hydrogens is 320 g/mol. The van der Waals surface area contributed by atoms with Crippen molar-refractivity contribution in [2.24, 2.45) is 5.92 Å². The first kappa shape index (κ1) is 17.6. The van der Waals surface area contributed by atoms with Crippen LogP contribution in [-0.2, 0) is 16.8 Å². The van der Waals surface area contributed by atoms with E-state index in [4.69, 9.17) is 4.52 Å². The number of piperidine rings is 1. The molecule has 25 heavy (non-hydrogen) atoms. The van der Waals surface area contributed by atoms with Crippen LogP contribution in [0.15, 0.2) is 23.2 Å². The third-order valence-corrected chi connectivity index (χ3v) is 4.42. The SMILES string of the molecule is CC(C)(C)c1cc(NC(=O)CN2CCCC(Cn3cncn3)C2)on1. The topological polar surface area (TPSA) is 89.1 Å². The summed E-state index contributed by atoms with van der Waals surface area (Å²) in [5, 5.41) is 11.0. The van der Waals surface area contributed by atoms with Crippen LogP contribution in [0.1, 0.15) is 39.3 Å². The van der Waals surface area contributed by atoms with Crippen LogP contribution in [0.4, 0.5) is 5.88 Å². The Kier molecular flexibility index (Phi) is 5.17. The highest BCUT2D eigenvalue weighted by Crippen LogP contribution is 2.23. The summed E-state index contributed by atoms with van der Waals surface area (Å²) in [6, 6.07) is 1.79. The van der Waals surface area contributed by atoms with Crippen molar-refractivity contribution in [2.45, 2.75) is 45.6 Å². The van der Waals surface area contributed by atoms with Crippen molar-refractivity contribution in [3.8, 4) is 0 Å². The van der Waals surface area contributed by atoms with E-state index in [9.17, 15) is 4.79 Å². The highest BCUT2D eigenvalue weighted by atomic mass is 16.5. The molecule has 0 bridgehead atoms. The van der Waals surface area contributed by atoms with Crippen molar-refractivity contribution in [1.82, 2.24) is 24.8 Å². The molecule has 1 atom stereocenters. The van der Waals surface area contributed by atoms with E-state index in [0.717, 1.165) is 38.2 Å². The Labute approximate surface area is 147 Å². The Hall–Kier alpha value is -2.22. The molecule has 1 aliphatic rings. The van der Waals surface area contributed by atoms with Gasteiger partial charge in [-0.1, -0.05) is 25.9 Å². The Morgan fingerprint density at radius 3 is 2.96 bits per heavy atom. The number of hydrogen-bond donors (Lipinski definition) is 1. The van der Waals surface area contributed by atoms with Gasteiger partial charge in [-0.2, -0.15) is 5.10 Å². The lowest BCUT2D eigenvalue weighted by atomic mass is 9.92. The van der Waals surface area contributed by atoms with Gasteiger partial charge in [0.15, 0.2) is 0 Å². The molecule has 0 radical (unpaired) electrons. The van der Waals surface area contributed by atoms with Crippen molar-refractivity contribution in [2.75, 3.05) is 25.0 Å². The van der Waals surface area contributed by atoms with E-state index in [2.05, 4.69) is 46.2 Å². The van der Waals surface area contributed by atoms with Crippen LogP contribution in [0.25, 0.3) is 0 Å². The van der Waals surface area contributed by atoms with Gasteiger partial charge in [-0.3, -0.25) is 19.7 Å². The first-order chi connectivity index (χ1) is 11.9. The largest absolute Gasteiger partial charge is 0.338 e. The van der Waals surface area contributed by atoms with E-state index < -0.39 is 0 Å². The van der Waals surface area contributed by atoms with Gasteiger partial charge in [0.25, 0.3) is 0 Å². The predicted molar refractivity (Wildman–Crippen MR) is 93.0 cm³/mol. The predicted octanol–water partition coefficient (Wildman–Crippen LogP) is 1.91. The normalized spacial score (nSPS) is 19.1. The second-order valence-corrected chi connectivity index (χ2v) is 7.74. The fourth-order valence-electron chi connectivity index (χ4n) is 3.10. The average molecular weight is 346 g/mol. The summed E-state index contributed by atoms with van der Waals surface area (Å²) in [6.45, 7) is 9.19. The van der Waals surface area contributed by atoms with E-state index in [1.54, 1.807) is 18.7 Å². The molecule has 8 heteroatoms. The fourth-order valence-corrected chi connectivity index (χ4v) is 3.10. The number of hydrogen-bond acceptors (Lipinski definition) is 6. The maximum Gasteiger partial charge on any atom is 0.240 e. The molecule has 0 aromatic carbocycles. The zero-order chi connectivity index (χ0) is 17.9. The highest BCUT2D eigenvalue weighted by molar-refractivity contribution is 5.91. The molecule has 2 aromatic rings. The molecule has 136 valence electrons. The third kappa shape index (κ3) is 4.88. The number of anilines is 1.